The molecular formula is C19H23NO3. The average molecular weight is 313 g/mol. The number of benzene rings is 2. The molecule has 0 unspecified atom stereocenters. The maximum absolute atomic E-state index is 10.3. The van der Waals surface area contributed by atoms with Crippen LogP contribution < -0.4 is 10.1 Å². The molecule has 0 aromatic heterocycles. The number of fused-ring (bicyclic) bond motifs is 1. The van der Waals surface area contributed by atoms with Crippen molar-refractivity contribution in [3.05, 3.63) is 65.2 Å². The van der Waals surface area contributed by atoms with Crippen LogP contribution >= 0.6 is 0 Å². The van der Waals surface area contributed by atoms with E-state index in [1.165, 1.54) is 11.1 Å². The second-order valence-corrected chi connectivity index (χ2v) is 5.78. The van der Waals surface area contributed by atoms with Crippen molar-refractivity contribution in [2.75, 3.05) is 20.3 Å². The summed E-state index contributed by atoms with van der Waals surface area (Å²) in [5.74, 6) is 0.859. The van der Waals surface area contributed by atoms with Gasteiger partial charge in [0.1, 0.15) is 12.4 Å². The first-order chi connectivity index (χ1) is 11.3. The number of methoxy groups -OCH3 is 1. The van der Waals surface area contributed by atoms with Crippen molar-refractivity contribution in [2.24, 2.45) is 0 Å². The normalized spacial score (nSPS) is 19.6. The van der Waals surface area contributed by atoms with Crippen LogP contribution in [0.1, 0.15) is 22.7 Å². The molecule has 1 aliphatic carbocycles. The lowest BCUT2D eigenvalue weighted by Gasteiger charge is -2.19. The van der Waals surface area contributed by atoms with E-state index in [0.717, 1.165) is 11.3 Å². The molecule has 1 aliphatic rings. The number of nitrogens with one attached hydrogen (secondary N) is 1. The number of rotatable bonds is 7. The summed E-state index contributed by atoms with van der Waals surface area (Å²) >= 11 is 0. The summed E-state index contributed by atoms with van der Waals surface area (Å²) in [6.07, 6.45) is 0.328. The zero-order valence-corrected chi connectivity index (χ0v) is 13.4. The van der Waals surface area contributed by atoms with Gasteiger partial charge in [-0.2, -0.15) is 0 Å². The zero-order chi connectivity index (χ0) is 16.1. The van der Waals surface area contributed by atoms with Gasteiger partial charge >= 0.3 is 0 Å². The maximum Gasteiger partial charge on any atom is 0.123 e. The predicted octanol–water partition coefficient (Wildman–Crippen LogP) is 2.46. The second kappa shape index (κ2) is 7.59. The van der Waals surface area contributed by atoms with Crippen molar-refractivity contribution >= 4 is 0 Å². The van der Waals surface area contributed by atoms with E-state index in [9.17, 15) is 5.11 Å². The number of ether oxygens (including phenoxy) is 2. The third kappa shape index (κ3) is 3.72. The molecule has 3 rings (SSSR count). The molecule has 23 heavy (non-hydrogen) atoms. The Morgan fingerprint density at radius 1 is 1.09 bits per heavy atom. The van der Waals surface area contributed by atoms with Gasteiger partial charge < -0.3 is 19.9 Å². The first-order valence-electron chi connectivity index (χ1n) is 7.98. The van der Waals surface area contributed by atoms with Gasteiger partial charge in [0.05, 0.1) is 18.8 Å². The largest absolute Gasteiger partial charge is 0.491 e. The Kier molecular flexibility index (Phi) is 5.28. The maximum atomic E-state index is 10.3. The van der Waals surface area contributed by atoms with Gasteiger partial charge in [0.15, 0.2) is 0 Å². The Balaban J connectivity index is 1.67. The zero-order valence-electron chi connectivity index (χ0n) is 13.4. The van der Waals surface area contributed by atoms with Crippen LogP contribution in [0.2, 0.25) is 0 Å². The van der Waals surface area contributed by atoms with Crippen molar-refractivity contribution in [3.8, 4) is 5.75 Å². The summed E-state index contributed by atoms with van der Waals surface area (Å²) in [5.41, 5.74) is 3.50. The highest BCUT2D eigenvalue weighted by atomic mass is 16.5. The Bertz CT molecular complexity index is 644. The Hall–Kier alpha value is -1.88. The van der Waals surface area contributed by atoms with E-state index in [4.69, 9.17) is 9.47 Å². The lowest BCUT2D eigenvalue weighted by molar-refractivity contribution is 0.138. The summed E-state index contributed by atoms with van der Waals surface area (Å²) in [6.45, 7) is 1.75. The van der Waals surface area contributed by atoms with Gasteiger partial charge in [-0.3, -0.25) is 0 Å². The number of para-hydroxylation sites is 1. The van der Waals surface area contributed by atoms with Gasteiger partial charge in [0.25, 0.3) is 0 Å². The molecule has 0 spiro atoms. The molecule has 4 nitrogen and oxygen atoms in total. The van der Waals surface area contributed by atoms with Crippen LogP contribution in [0.4, 0.5) is 0 Å². The summed E-state index contributed by atoms with van der Waals surface area (Å²) in [7, 11) is 1.66. The minimum absolute atomic E-state index is 0.0294. The van der Waals surface area contributed by atoms with Crippen molar-refractivity contribution in [2.45, 2.75) is 25.1 Å². The van der Waals surface area contributed by atoms with Crippen molar-refractivity contribution < 1.29 is 14.6 Å². The summed E-state index contributed by atoms with van der Waals surface area (Å²) in [6, 6.07) is 16.2. The molecule has 2 N–H and O–H groups in total. The Morgan fingerprint density at radius 3 is 2.74 bits per heavy atom. The van der Waals surface area contributed by atoms with E-state index in [1.54, 1.807) is 7.11 Å². The highest BCUT2D eigenvalue weighted by molar-refractivity contribution is 5.37. The first kappa shape index (κ1) is 16.0. The number of hydrogen-bond acceptors (Lipinski definition) is 4. The topological polar surface area (TPSA) is 50.7 Å². The molecule has 0 aliphatic heterocycles. The van der Waals surface area contributed by atoms with Gasteiger partial charge in [-0.15, -0.1) is 0 Å². The molecule has 4 heteroatoms. The third-order valence-electron chi connectivity index (χ3n) is 4.23. The second-order valence-electron chi connectivity index (χ2n) is 5.78. The van der Waals surface area contributed by atoms with Crippen molar-refractivity contribution in [1.29, 1.82) is 0 Å². The van der Waals surface area contributed by atoms with E-state index in [2.05, 4.69) is 17.4 Å². The van der Waals surface area contributed by atoms with Gasteiger partial charge in [-0.05, 0) is 17.2 Å². The van der Waals surface area contributed by atoms with E-state index >= 15 is 0 Å². The van der Waals surface area contributed by atoms with Gasteiger partial charge in [-0.1, -0.05) is 42.5 Å². The SMILES string of the molecule is COCCOc1ccccc1CN[C@@H]1c2ccccc2C[C@@H]1O. The molecule has 0 fully saturated rings. The predicted molar refractivity (Wildman–Crippen MR) is 89.5 cm³/mol. The lowest BCUT2D eigenvalue weighted by atomic mass is 10.1. The Labute approximate surface area is 137 Å². The quantitative estimate of drug-likeness (QED) is 0.771. The molecule has 2 aromatic rings. The van der Waals surface area contributed by atoms with Crippen LogP contribution in [-0.2, 0) is 17.7 Å². The van der Waals surface area contributed by atoms with Gasteiger partial charge in [0, 0.05) is 25.6 Å². The average Bonchev–Trinajstić information content (AvgIpc) is 2.89. The Morgan fingerprint density at radius 2 is 1.87 bits per heavy atom. The molecule has 2 aromatic carbocycles. The van der Waals surface area contributed by atoms with Crippen LogP contribution in [-0.4, -0.2) is 31.5 Å². The standard InChI is InChI=1S/C19H23NO3/c1-22-10-11-23-18-9-5-3-7-15(18)13-20-19-16-8-4-2-6-14(16)12-17(19)21/h2-9,17,19-21H,10-13H2,1H3/t17-,19+/m0/s1. The number of hydrogen-bond donors (Lipinski definition) is 2. The molecule has 2 atom stereocenters. The van der Waals surface area contributed by atoms with Crippen molar-refractivity contribution in [1.82, 2.24) is 5.32 Å². The van der Waals surface area contributed by atoms with Gasteiger partial charge in [0.2, 0.25) is 0 Å². The summed E-state index contributed by atoms with van der Waals surface area (Å²) in [4.78, 5) is 0. The van der Waals surface area contributed by atoms with Crippen LogP contribution in [0, 0.1) is 0 Å². The molecule has 0 radical (unpaired) electrons. The molecule has 0 amide bonds. The monoisotopic (exact) mass is 313 g/mol. The lowest BCUT2D eigenvalue weighted by Crippen LogP contribution is -2.28. The first-order valence-corrected chi connectivity index (χ1v) is 7.98. The third-order valence-corrected chi connectivity index (χ3v) is 4.23. The van der Waals surface area contributed by atoms with E-state index in [-0.39, 0.29) is 12.1 Å². The molecule has 122 valence electrons. The van der Waals surface area contributed by atoms with Crippen molar-refractivity contribution in [3.63, 3.8) is 0 Å². The van der Waals surface area contributed by atoms with Crippen LogP contribution in [0.15, 0.2) is 48.5 Å². The molecular weight excluding hydrogens is 290 g/mol. The molecule has 0 bridgehead atoms. The van der Waals surface area contributed by atoms with E-state index < -0.39 is 0 Å². The molecule has 0 saturated carbocycles. The fourth-order valence-electron chi connectivity index (χ4n) is 3.07. The fourth-order valence-corrected chi connectivity index (χ4v) is 3.07. The highest BCUT2D eigenvalue weighted by Gasteiger charge is 2.30. The summed E-state index contributed by atoms with van der Waals surface area (Å²) in [5, 5.41) is 13.8. The smallest absolute Gasteiger partial charge is 0.123 e. The fraction of sp³-hybridized carbons (Fsp3) is 0.368. The molecule has 0 saturated heterocycles. The van der Waals surface area contributed by atoms with Crippen LogP contribution in [0.3, 0.4) is 0 Å². The molecule has 0 heterocycles. The van der Waals surface area contributed by atoms with E-state index in [1.807, 2.05) is 36.4 Å². The highest BCUT2D eigenvalue weighted by Crippen LogP contribution is 2.31. The van der Waals surface area contributed by atoms with Crippen LogP contribution in [0.5, 0.6) is 5.75 Å². The van der Waals surface area contributed by atoms with Crippen LogP contribution in [0.25, 0.3) is 0 Å². The minimum Gasteiger partial charge on any atom is -0.491 e. The summed E-state index contributed by atoms with van der Waals surface area (Å²) < 4.78 is 10.8. The minimum atomic E-state index is -0.381. The number of aliphatic hydroxyl groups is 1. The van der Waals surface area contributed by atoms with E-state index in [0.29, 0.717) is 26.2 Å². The van der Waals surface area contributed by atoms with Gasteiger partial charge in [-0.25, -0.2) is 0 Å². The number of aliphatic hydroxyl groups excluding tert-OH is 1.